The van der Waals surface area contributed by atoms with Crippen molar-refractivity contribution in [1.29, 1.82) is 0 Å². The highest BCUT2D eigenvalue weighted by Gasteiger charge is 2.21. The van der Waals surface area contributed by atoms with E-state index in [0.717, 1.165) is 30.6 Å². The molecule has 2 amide bonds. The monoisotopic (exact) mass is 278 g/mol. The summed E-state index contributed by atoms with van der Waals surface area (Å²) < 4.78 is 0. The third-order valence-electron chi connectivity index (χ3n) is 3.22. The molecule has 1 aliphatic rings. The van der Waals surface area contributed by atoms with Crippen LogP contribution in [0.1, 0.15) is 25.7 Å². The Hall–Kier alpha value is -1.49. The van der Waals surface area contributed by atoms with Crippen molar-refractivity contribution >= 4 is 29.3 Å². The van der Waals surface area contributed by atoms with Crippen LogP contribution in [0.3, 0.4) is 0 Å². The molecule has 19 heavy (non-hydrogen) atoms. The van der Waals surface area contributed by atoms with Crippen molar-refractivity contribution in [1.82, 2.24) is 5.32 Å². The molecule has 0 unspecified atom stereocenters. The molecule has 5 heteroatoms. The Bertz CT molecular complexity index is 470. The van der Waals surface area contributed by atoms with Crippen LogP contribution in [0.5, 0.6) is 0 Å². The Morgan fingerprint density at radius 1 is 1.21 bits per heavy atom. The van der Waals surface area contributed by atoms with E-state index in [1.54, 1.807) is 17.8 Å². The van der Waals surface area contributed by atoms with Crippen LogP contribution in [0, 0.1) is 0 Å². The van der Waals surface area contributed by atoms with Crippen molar-refractivity contribution in [3.05, 3.63) is 24.3 Å². The smallest absolute Gasteiger partial charge is 0.313 e. The number of benzene rings is 1. The number of hydrogen-bond donors (Lipinski definition) is 2. The first kappa shape index (κ1) is 13.9. The van der Waals surface area contributed by atoms with Gasteiger partial charge in [0, 0.05) is 16.6 Å². The molecule has 0 heterocycles. The van der Waals surface area contributed by atoms with Gasteiger partial charge in [-0.2, -0.15) is 0 Å². The van der Waals surface area contributed by atoms with Gasteiger partial charge < -0.3 is 10.6 Å². The molecule has 2 rings (SSSR count). The van der Waals surface area contributed by atoms with Crippen LogP contribution < -0.4 is 10.6 Å². The Kier molecular flexibility index (Phi) is 4.85. The number of hydrogen-bond acceptors (Lipinski definition) is 3. The third kappa shape index (κ3) is 3.99. The fourth-order valence-electron chi connectivity index (χ4n) is 2.21. The second-order valence-corrected chi connectivity index (χ2v) is 5.52. The summed E-state index contributed by atoms with van der Waals surface area (Å²) in [6.07, 6.45) is 6.17. The summed E-state index contributed by atoms with van der Waals surface area (Å²) >= 11 is 1.59. The van der Waals surface area contributed by atoms with Crippen LogP contribution in [0.4, 0.5) is 5.69 Å². The molecule has 1 aromatic carbocycles. The predicted molar refractivity (Wildman–Crippen MR) is 77.3 cm³/mol. The highest BCUT2D eigenvalue weighted by atomic mass is 32.2. The molecule has 4 nitrogen and oxygen atoms in total. The van der Waals surface area contributed by atoms with Gasteiger partial charge in [0.25, 0.3) is 0 Å². The fraction of sp³-hybridized carbons (Fsp3) is 0.429. The average Bonchev–Trinajstić information content (AvgIpc) is 2.91. The average molecular weight is 278 g/mol. The van der Waals surface area contributed by atoms with E-state index in [4.69, 9.17) is 0 Å². The minimum atomic E-state index is -0.592. The summed E-state index contributed by atoms with van der Waals surface area (Å²) in [5, 5.41) is 5.40. The van der Waals surface area contributed by atoms with Gasteiger partial charge in [-0.05, 0) is 37.3 Å². The maximum absolute atomic E-state index is 11.8. The van der Waals surface area contributed by atoms with E-state index in [0.29, 0.717) is 5.69 Å². The van der Waals surface area contributed by atoms with E-state index in [1.807, 2.05) is 24.5 Å². The van der Waals surface area contributed by atoms with Gasteiger partial charge in [-0.25, -0.2) is 0 Å². The maximum Gasteiger partial charge on any atom is 0.313 e. The lowest BCUT2D eigenvalue weighted by atomic mass is 10.2. The van der Waals surface area contributed by atoms with Gasteiger partial charge in [-0.15, -0.1) is 11.8 Å². The minimum absolute atomic E-state index is 0.163. The maximum atomic E-state index is 11.8. The molecule has 1 aliphatic carbocycles. The molecule has 1 saturated carbocycles. The second kappa shape index (κ2) is 6.61. The number of anilines is 1. The molecule has 102 valence electrons. The van der Waals surface area contributed by atoms with Gasteiger partial charge in [0.1, 0.15) is 0 Å². The van der Waals surface area contributed by atoms with Crippen LogP contribution in [0.15, 0.2) is 29.2 Å². The van der Waals surface area contributed by atoms with Crippen molar-refractivity contribution in [3.63, 3.8) is 0 Å². The summed E-state index contributed by atoms with van der Waals surface area (Å²) in [6.45, 7) is 0. The lowest BCUT2D eigenvalue weighted by Crippen LogP contribution is -2.40. The predicted octanol–water partition coefficient (Wildman–Crippen LogP) is 2.41. The zero-order valence-electron chi connectivity index (χ0n) is 10.9. The summed E-state index contributed by atoms with van der Waals surface area (Å²) in [4.78, 5) is 24.5. The summed E-state index contributed by atoms with van der Waals surface area (Å²) in [7, 11) is 0. The van der Waals surface area contributed by atoms with Gasteiger partial charge in [0.2, 0.25) is 0 Å². The molecular formula is C14H18N2O2S. The van der Waals surface area contributed by atoms with E-state index in [-0.39, 0.29) is 6.04 Å². The van der Waals surface area contributed by atoms with Crippen LogP contribution >= 0.6 is 11.8 Å². The molecule has 0 spiro atoms. The Balaban J connectivity index is 1.90. The van der Waals surface area contributed by atoms with Crippen LogP contribution in [0.25, 0.3) is 0 Å². The lowest BCUT2D eigenvalue weighted by Gasteiger charge is -2.11. The van der Waals surface area contributed by atoms with Crippen molar-refractivity contribution in [2.75, 3.05) is 11.6 Å². The number of carbonyl (C=O) groups is 2. The number of nitrogens with one attached hydrogen (secondary N) is 2. The number of amides is 2. The van der Waals surface area contributed by atoms with E-state index in [9.17, 15) is 9.59 Å². The minimum Gasteiger partial charge on any atom is -0.345 e. The number of carbonyl (C=O) groups excluding carboxylic acids is 2. The molecule has 1 aromatic rings. The van der Waals surface area contributed by atoms with E-state index >= 15 is 0 Å². The second-order valence-electron chi connectivity index (χ2n) is 4.64. The topological polar surface area (TPSA) is 58.2 Å². The van der Waals surface area contributed by atoms with Gasteiger partial charge >= 0.3 is 11.8 Å². The number of thioether (sulfide) groups is 1. The van der Waals surface area contributed by atoms with Gasteiger partial charge in [-0.3, -0.25) is 9.59 Å². The standard InChI is InChI=1S/C14H18N2O2S/c1-19-12-8-4-7-11(9-12)16-14(18)13(17)15-10-5-2-3-6-10/h4,7-10H,2-3,5-6H2,1H3,(H,15,17)(H,16,18). The first-order chi connectivity index (χ1) is 9.19. The van der Waals surface area contributed by atoms with E-state index in [2.05, 4.69) is 10.6 Å². The number of rotatable bonds is 3. The molecule has 0 saturated heterocycles. The van der Waals surface area contributed by atoms with Gasteiger partial charge in [-0.1, -0.05) is 18.9 Å². The van der Waals surface area contributed by atoms with Gasteiger partial charge in [0.05, 0.1) is 0 Å². The summed E-state index contributed by atoms with van der Waals surface area (Å²) in [5.74, 6) is -1.13. The molecule has 0 bridgehead atoms. The molecule has 0 aliphatic heterocycles. The van der Waals surface area contributed by atoms with Crippen LogP contribution in [0.2, 0.25) is 0 Å². The molecule has 0 radical (unpaired) electrons. The molecule has 0 atom stereocenters. The normalized spacial score (nSPS) is 15.2. The highest BCUT2D eigenvalue weighted by Crippen LogP contribution is 2.19. The first-order valence-electron chi connectivity index (χ1n) is 6.45. The van der Waals surface area contributed by atoms with E-state index < -0.39 is 11.8 Å². The molecular weight excluding hydrogens is 260 g/mol. The molecule has 1 fully saturated rings. The van der Waals surface area contributed by atoms with Crippen LogP contribution in [-0.2, 0) is 9.59 Å². The lowest BCUT2D eigenvalue weighted by molar-refractivity contribution is -0.136. The SMILES string of the molecule is CSc1cccc(NC(=O)C(=O)NC2CCCC2)c1. The first-order valence-corrected chi connectivity index (χ1v) is 7.67. The van der Waals surface area contributed by atoms with Crippen LogP contribution in [-0.4, -0.2) is 24.1 Å². The van der Waals surface area contributed by atoms with Crippen molar-refractivity contribution in [2.45, 2.75) is 36.6 Å². The largest absolute Gasteiger partial charge is 0.345 e. The Morgan fingerprint density at radius 2 is 1.95 bits per heavy atom. The van der Waals surface area contributed by atoms with Crippen molar-refractivity contribution < 1.29 is 9.59 Å². The zero-order chi connectivity index (χ0) is 13.7. The zero-order valence-corrected chi connectivity index (χ0v) is 11.8. The van der Waals surface area contributed by atoms with E-state index in [1.165, 1.54) is 0 Å². The van der Waals surface area contributed by atoms with Gasteiger partial charge in [0.15, 0.2) is 0 Å². The summed E-state index contributed by atoms with van der Waals surface area (Å²) in [6, 6.07) is 7.61. The van der Waals surface area contributed by atoms with Crippen molar-refractivity contribution in [2.24, 2.45) is 0 Å². The van der Waals surface area contributed by atoms with Crippen molar-refractivity contribution in [3.8, 4) is 0 Å². The highest BCUT2D eigenvalue weighted by molar-refractivity contribution is 7.98. The Labute approximate surface area is 117 Å². The summed E-state index contributed by atoms with van der Waals surface area (Å²) in [5.41, 5.74) is 0.651. The Morgan fingerprint density at radius 3 is 2.63 bits per heavy atom. The molecule has 0 aromatic heterocycles. The third-order valence-corrected chi connectivity index (χ3v) is 3.95. The quantitative estimate of drug-likeness (QED) is 0.659. The molecule has 2 N–H and O–H groups in total. The fourth-order valence-corrected chi connectivity index (χ4v) is 2.67.